The minimum absolute atomic E-state index is 0. The first-order chi connectivity index (χ1) is 25.5. The number of rotatable bonds is 9. The van der Waals surface area contributed by atoms with Crippen molar-refractivity contribution in [3.8, 4) is 0 Å². The van der Waals surface area contributed by atoms with Crippen LogP contribution >= 0.6 is 21.4 Å². The number of aliphatic hydroxyl groups excluding tert-OH is 2. The fraction of sp³-hybridized carbons (Fsp3) is 0.333. The molecule has 6 aromatic rings. The number of H-pyrrole nitrogens is 3. The van der Waals surface area contributed by atoms with Gasteiger partial charge in [0.15, 0.2) is 12.2 Å². The standard InChI is InChI=1S/C12H15N3O2.C12H14N2O3.C11H12N2O3.CH4.Cl2OS/c1-7-3-8(5-10(13)12(16)17-2)4-9-6-14-15-11(7)9;1-7-3-8(5-10(15)12(16)17-2)4-9-6-13-14-11(7)9;1-6-2-7(4-9(14)11(15)16)3-8-5-12-13-10(6)8;;1-4(2)3/h3-4,6,10H,5,13H2,1-2H3,(H,14,15);3-4,6,10,15H,5H2,1-2H3,(H,13,14);2-3,5,9,14H,4H2,1H3,(H,12,13)(H,15,16);1H4;/t2*10-;9-;;/m111../s1. The summed E-state index contributed by atoms with van der Waals surface area (Å²) in [6.07, 6.45) is 3.50. The molecule has 16 nitrogen and oxygen atoms in total. The number of nitrogens with two attached hydrogens (primary N) is 1. The molecular weight excluding hydrogens is 777 g/mol. The number of aromatic amines is 3. The van der Waals surface area contributed by atoms with Crippen molar-refractivity contribution >= 4 is 81.2 Å². The van der Waals surface area contributed by atoms with Crippen LogP contribution in [0.5, 0.6) is 0 Å². The fourth-order valence-corrected chi connectivity index (χ4v) is 5.53. The second-order valence-electron chi connectivity index (χ2n) is 12.1. The number of benzene rings is 3. The van der Waals surface area contributed by atoms with Crippen molar-refractivity contribution in [3.63, 3.8) is 0 Å². The van der Waals surface area contributed by atoms with Gasteiger partial charge >= 0.3 is 17.9 Å². The highest BCUT2D eigenvalue weighted by Gasteiger charge is 2.18. The smallest absolute Gasteiger partial charge is 0.335 e. The molecule has 55 heavy (non-hydrogen) atoms. The number of esters is 2. The molecule has 3 aromatic carbocycles. The summed E-state index contributed by atoms with van der Waals surface area (Å²) in [5.74, 6) is -2.21. The molecule has 0 spiro atoms. The van der Waals surface area contributed by atoms with Crippen LogP contribution in [-0.4, -0.2) is 100 Å². The summed E-state index contributed by atoms with van der Waals surface area (Å²) in [5, 5.41) is 50.9. The van der Waals surface area contributed by atoms with Crippen LogP contribution in [0.25, 0.3) is 32.7 Å². The second kappa shape index (κ2) is 21.8. The lowest BCUT2D eigenvalue weighted by Gasteiger charge is -2.10. The van der Waals surface area contributed by atoms with E-state index in [0.717, 1.165) is 66.1 Å². The lowest BCUT2D eigenvalue weighted by Crippen LogP contribution is -2.33. The molecule has 3 heterocycles. The summed E-state index contributed by atoms with van der Waals surface area (Å²) < 4.78 is 18.2. The van der Waals surface area contributed by atoms with Crippen molar-refractivity contribution in [2.24, 2.45) is 5.73 Å². The first kappa shape index (κ1) is 46.2. The molecular formula is C36H45Cl2N7O9S. The van der Waals surface area contributed by atoms with E-state index in [4.69, 9.17) is 15.0 Å². The number of carboxylic acid groups (broad SMARTS) is 1. The van der Waals surface area contributed by atoms with Gasteiger partial charge in [0.25, 0.3) is 0 Å². The van der Waals surface area contributed by atoms with Gasteiger partial charge in [0.2, 0.25) is 9.23 Å². The highest BCUT2D eigenvalue weighted by molar-refractivity contribution is 8.26. The maximum atomic E-state index is 11.2. The predicted molar refractivity (Wildman–Crippen MR) is 212 cm³/mol. The molecule has 0 fully saturated rings. The molecule has 6 rings (SSSR count). The number of nitrogens with zero attached hydrogens (tertiary/aromatic N) is 3. The molecule has 298 valence electrons. The monoisotopic (exact) mass is 821 g/mol. The molecule has 0 radical (unpaired) electrons. The second-order valence-corrected chi connectivity index (χ2v) is 14.6. The van der Waals surface area contributed by atoms with Crippen molar-refractivity contribution in [1.82, 2.24) is 30.6 Å². The van der Waals surface area contributed by atoms with Gasteiger partial charge < -0.3 is 30.5 Å². The average molecular weight is 823 g/mol. The lowest BCUT2D eigenvalue weighted by molar-refractivity contribution is -0.150. The van der Waals surface area contributed by atoms with Crippen LogP contribution in [0.4, 0.5) is 0 Å². The largest absolute Gasteiger partial charge is 0.479 e. The van der Waals surface area contributed by atoms with E-state index in [1.807, 2.05) is 57.2 Å². The van der Waals surface area contributed by atoms with Gasteiger partial charge in [0.1, 0.15) is 6.04 Å². The Morgan fingerprint density at radius 3 is 1.35 bits per heavy atom. The number of aromatic nitrogens is 6. The van der Waals surface area contributed by atoms with E-state index in [1.54, 1.807) is 18.6 Å². The molecule has 0 amide bonds. The van der Waals surface area contributed by atoms with Gasteiger partial charge in [-0.2, -0.15) is 15.3 Å². The number of carbonyl (C=O) groups excluding carboxylic acids is 2. The first-order valence-electron chi connectivity index (χ1n) is 16.1. The maximum Gasteiger partial charge on any atom is 0.335 e. The molecule has 0 aliphatic heterocycles. The number of nitrogens with one attached hydrogen (secondary N) is 3. The van der Waals surface area contributed by atoms with E-state index in [-0.39, 0.29) is 20.3 Å². The quantitative estimate of drug-likeness (QED) is 0.0789. The summed E-state index contributed by atoms with van der Waals surface area (Å²) in [7, 11) is 9.96. The average Bonchev–Trinajstić information content (AvgIpc) is 3.90. The summed E-state index contributed by atoms with van der Waals surface area (Å²) in [4.78, 5) is 32.9. The first-order valence-corrected chi connectivity index (χ1v) is 18.9. The number of carboxylic acids is 1. The van der Waals surface area contributed by atoms with E-state index in [0.29, 0.717) is 6.42 Å². The van der Waals surface area contributed by atoms with Crippen molar-refractivity contribution in [2.45, 2.75) is 65.7 Å². The zero-order valence-corrected chi connectivity index (χ0v) is 32.3. The van der Waals surface area contributed by atoms with E-state index in [9.17, 15) is 24.6 Å². The topological polar surface area (TPSA) is 259 Å². The summed E-state index contributed by atoms with van der Waals surface area (Å²) >= 11 is 0. The predicted octanol–water partition coefficient (Wildman–Crippen LogP) is 4.40. The molecule has 0 saturated carbocycles. The van der Waals surface area contributed by atoms with Gasteiger partial charge in [-0.15, -0.1) is 0 Å². The Labute approximate surface area is 328 Å². The fourth-order valence-electron chi connectivity index (χ4n) is 5.53. The minimum atomic E-state index is -1.67. The Morgan fingerprint density at radius 1 is 0.691 bits per heavy atom. The number of halogens is 2. The number of hydrogen-bond acceptors (Lipinski definition) is 12. The number of aliphatic carboxylic acids is 1. The normalized spacial score (nSPS) is 12.2. The van der Waals surface area contributed by atoms with Gasteiger partial charge in [-0.25, -0.2) is 13.8 Å². The highest BCUT2D eigenvalue weighted by atomic mass is 36.0. The molecule has 0 aliphatic carbocycles. The molecule has 0 aliphatic rings. The minimum Gasteiger partial charge on any atom is -0.479 e. The van der Waals surface area contributed by atoms with Crippen LogP contribution in [-0.2, 0) is 52.3 Å². The van der Waals surface area contributed by atoms with Gasteiger partial charge in [-0.05, 0) is 78.8 Å². The molecule has 3 atom stereocenters. The Bertz CT molecular complexity index is 2120. The van der Waals surface area contributed by atoms with Crippen molar-refractivity contribution in [2.75, 3.05) is 14.2 Å². The number of aliphatic hydroxyl groups is 2. The molecule has 0 saturated heterocycles. The van der Waals surface area contributed by atoms with Gasteiger partial charge in [-0.1, -0.05) is 25.6 Å². The zero-order valence-electron chi connectivity index (χ0n) is 29.9. The summed E-state index contributed by atoms with van der Waals surface area (Å²) in [6, 6.07) is 10.9. The Kier molecular flexibility index (Phi) is 18.4. The number of ether oxygens (including phenoxy) is 2. The number of methoxy groups -OCH3 is 2. The molecule has 19 heteroatoms. The number of aryl methyl sites for hydroxylation is 3. The molecule has 0 bridgehead atoms. The Morgan fingerprint density at radius 2 is 1.02 bits per heavy atom. The Balaban J connectivity index is 0.000000269. The van der Waals surface area contributed by atoms with Gasteiger partial charge in [-0.3, -0.25) is 20.1 Å². The summed E-state index contributed by atoms with van der Waals surface area (Å²) in [6.45, 7) is 5.86. The van der Waals surface area contributed by atoms with Crippen LogP contribution in [0.2, 0.25) is 0 Å². The van der Waals surface area contributed by atoms with E-state index >= 15 is 0 Å². The number of hydrogen-bond donors (Lipinski definition) is 7. The molecule has 0 unspecified atom stereocenters. The summed E-state index contributed by atoms with van der Waals surface area (Å²) in [5.41, 5.74) is 14.5. The van der Waals surface area contributed by atoms with Crippen LogP contribution in [0, 0.1) is 20.8 Å². The molecule has 3 aromatic heterocycles. The van der Waals surface area contributed by atoms with Crippen molar-refractivity contribution in [1.29, 1.82) is 0 Å². The third-order valence-corrected chi connectivity index (χ3v) is 7.99. The zero-order chi connectivity index (χ0) is 40.1. The van der Waals surface area contributed by atoms with Gasteiger partial charge in [0, 0.05) is 50.4 Å². The third-order valence-electron chi connectivity index (χ3n) is 7.99. The SMILES string of the molecule is C.COC(=O)[C@H](N)Cc1cc(C)c2[nH]ncc2c1.COC(=O)[C@H](O)Cc1cc(C)c2[nH]ncc2c1.Cc1cc(C[C@@H](O)C(=O)O)cc2cn[nH]c12.O=S(Cl)Cl. The third kappa shape index (κ3) is 13.7. The van der Waals surface area contributed by atoms with Crippen LogP contribution in [0.1, 0.15) is 40.8 Å². The Hall–Kier alpha value is -4.91. The van der Waals surface area contributed by atoms with E-state index < -0.39 is 45.4 Å². The van der Waals surface area contributed by atoms with Crippen LogP contribution in [0.3, 0.4) is 0 Å². The highest BCUT2D eigenvalue weighted by Crippen LogP contribution is 2.21. The van der Waals surface area contributed by atoms with Crippen molar-refractivity contribution < 1.29 is 43.4 Å². The molecule has 8 N–H and O–H groups in total. The maximum absolute atomic E-state index is 11.2. The van der Waals surface area contributed by atoms with Gasteiger partial charge in [0.05, 0.1) is 49.4 Å². The van der Waals surface area contributed by atoms with Crippen LogP contribution in [0.15, 0.2) is 55.0 Å². The van der Waals surface area contributed by atoms with Crippen molar-refractivity contribution in [3.05, 3.63) is 88.4 Å². The van der Waals surface area contributed by atoms with E-state index in [2.05, 4.69) is 61.4 Å². The number of carbonyl (C=O) groups is 3. The van der Waals surface area contributed by atoms with E-state index in [1.165, 1.54) is 14.2 Å². The number of fused-ring (bicyclic) bond motifs is 3. The lowest BCUT2D eigenvalue weighted by atomic mass is 10.0. The van der Waals surface area contributed by atoms with Crippen LogP contribution < -0.4 is 5.73 Å².